The summed E-state index contributed by atoms with van der Waals surface area (Å²) in [5.41, 5.74) is 3.03. The van der Waals surface area contributed by atoms with E-state index >= 15 is 0 Å². The Morgan fingerprint density at radius 3 is 2.71 bits per heavy atom. The van der Waals surface area contributed by atoms with Gasteiger partial charge < -0.3 is 0 Å². The van der Waals surface area contributed by atoms with Crippen molar-refractivity contribution in [2.24, 2.45) is 0 Å². The van der Waals surface area contributed by atoms with Crippen LogP contribution in [0.5, 0.6) is 0 Å². The molecule has 0 aliphatic carbocycles. The first kappa shape index (κ1) is 12.0. The van der Waals surface area contributed by atoms with Crippen molar-refractivity contribution in [2.75, 3.05) is 0 Å². The highest BCUT2D eigenvalue weighted by Gasteiger charge is 2.03. The lowest BCUT2D eigenvalue weighted by molar-refractivity contribution is 0.626. The largest absolute Gasteiger partial charge is 0.268 e. The fourth-order valence-corrected chi connectivity index (χ4v) is 2.14. The van der Waals surface area contributed by atoms with Crippen molar-refractivity contribution in [3.63, 3.8) is 0 Å². The molecule has 0 atom stereocenters. The van der Waals surface area contributed by atoms with E-state index in [0.717, 1.165) is 21.3 Å². The summed E-state index contributed by atoms with van der Waals surface area (Å²) in [7, 11) is 0. The van der Waals surface area contributed by atoms with E-state index in [1.807, 2.05) is 32.0 Å². The number of benzene rings is 1. The van der Waals surface area contributed by atoms with Gasteiger partial charge in [0, 0.05) is 10.5 Å². The summed E-state index contributed by atoms with van der Waals surface area (Å²) < 4.78 is 2.54. The van der Waals surface area contributed by atoms with Gasteiger partial charge in [-0.05, 0) is 43.2 Å². The first-order valence-electron chi connectivity index (χ1n) is 5.36. The number of hydrogen-bond acceptors (Lipinski definition) is 2. The van der Waals surface area contributed by atoms with Crippen LogP contribution >= 0.6 is 15.9 Å². The highest BCUT2D eigenvalue weighted by Crippen LogP contribution is 2.16. The van der Waals surface area contributed by atoms with Crippen LogP contribution in [0.1, 0.15) is 16.8 Å². The normalized spacial score (nSPS) is 10.5. The molecule has 88 valence electrons. The van der Waals surface area contributed by atoms with Crippen molar-refractivity contribution in [1.82, 2.24) is 9.78 Å². The summed E-state index contributed by atoms with van der Waals surface area (Å²) >= 11 is 3.42. The van der Waals surface area contributed by atoms with Crippen LogP contribution in [0.25, 0.3) is 0 Å². The molecule has 0 saturated carbocycles. The molecule has 2 rings (SSSR count). The molecular weight excluding hydrogens is 280 g/mol. The molecular formula is C13H13BrN2O. The van der Waals surface area contributed by atoms with Crippen molar-refractivity contribution < 1.29 is 0 Å². The Morgan fingerprint density at radius 2 is 2.00 bits per heavy atom. The standard InChI is InChI=1S/C13H13BrN2O/c1-9-7-12(14)5-4-11(9)8-16-13(17)6-3-10(2)15-16/h3-7H,8H2,1-2H3. The Kier molecular flexibility index (Phi) is 3.43. The molecule has 3 nitrogen and oxygen atoms in total. The lowest BCUT2D eigenvalue weighted by atomic mass is 10.1. The van der Waals surface area contributed by atoms with Crippen molar-refractivity contribution in [3.8, 4) is 0 Å². The van der Waals surface area contributed by atoms with Gasteiger partial charge in [-0.1, -0.05) is 22.0 Å². The smallest absolute Gasteiger partial charge is 0.267 e. The fraction of sp³-hybridized carbons (Fsp3) is 0.231. The number of hydrogen-bond donors (Lipinski definition) is 0. The Hall–Kier alpha value is -1.42. The van der Waals surface area contributed by atoms with Gasteiger partial charge in [0.15, 0.2) is 0 Å². The zero-order valence-electron chi connectivity index (χ0n) is 9.77. The summed E-state index contributed by atoms with van der Waals surface area (Å²) in [6.07, 6.45) is 0. The summed E-state index contributed by atoms with van der Waals surface area (Å²) in [6.45, 7) is 4.42. The number of nitrogens with zero attached hydrogens (tertiary/aromatic N) is 2. The molecule has 0 unspecified atom stereocenters. The van der Waals surface area contributed by atoms with E-state index in [-0.39, 0.29) is 5.56 Å². The number of halogens is 1. The first-order chi connectivity index (χ1) is 8.06. The molecule has 0 amide bonds. The number of rotatable bonds is 2. The van der Waals surface area contributed by atoms with E-state index in [9.17, 15) is 4.79 Å². The van der Waals surface area contributed by atoms with Gasteiger partial charge in [0.1, 0.15) is 0 Å². The molecule has 0 fully saturated rings. The highest BCUT2D eigenvalue weighted by molar-refractivity contribution is 9.10. The first-order valence-corrected chi connectivity index (χ1v) is 6.15. The van der Waals surface area contributed by atoms with Gasteiger partial charge in [-0.25, -0.2) is 4.68 Å². The Bertz CT molecular complexity index is 605. The second-order valence-electron chi connectivity index (χ2n) is 4.04. The van der Waals surface area contributed by atoms with E-state index in [2.05, 4.69) is 21.0 Å². The van der Waals surface area contributed by atoms with E-state index in [4.69, 9.17) is 0 Å². The predicted molar refractivity (Wildman–Crippen MR) is 71.2 cm³/mol. The minimum Gasteiger partial charge on any atom is -0.268 e. The quantitative estimate of drug-likeness (QED) is 0.853. The summed E-state index contributed by atoms with van der Waals surface area (Å²) in [5.74, 6) is 0. The maximum Gasteiger partial charge on any atom is 0.267 e. The molecule has 17 heavy (non-hydrogen) atoms. The van der Waals surface area contributed by atoms with Gasteiger partial charge in [0.25, 0.3) is 5.56 Å². The molecule has 4 heteroatoms. The molecule has 0 radical (unpaired) electrons. The summed E-state index contributed by atoms with van der Waals surface area (Å²) in [4.78, 5) is 11.6. The fourth-order valence-electron chi connectivity index (χ4n) is 1.66. The molecule has 0 spiro atoms. The lowest BCUT2D eigenvalue weighted by Crippen LogP contribution is -2.23. The van der Waals surface area contributed by atoms with E-state index in [0.29, 0.717) is 6.54 Å². The molecule has 0 bridgehead atoms. The lowest BCUT2D eigenvalue weighted by Gasteiger charge is -2.08. The Balaban J connectivity index is 2.38. The highest BCUT2D eigenvalue weighted by atomic mass is 79.9. The minimum absolute atomic E-state index is 0.0714. The maximum atomic E-state index is 11.6. The molecule has 0 aliphatic heterocycles. The molecule has 0 aliphatic rings. The third kappa shape index (κ3) is 2.82. The van der Waals surface area contributed by atoms with Crippen LogP contribution in [-0.4, -0.2) is 9.78 Å². The van der Waals surface area contributed by atoms with Crippen LogP contribution in [0.3, 0.4) is 0 Å². The number of aryl methyl sites for hydroxylation is 2. The van der Waals surface area contributed by atoms with Gasteiger partial charge in [-0.3, -0.25) is 4.79 Å². The van der Waals surface area contributed by atoms with Gasteiger partial charge in [0.2, 0.25) is 0 Å². The predicted octanol–water partition coefficient (Wildman–Crippen LogP) is 2.67. The topological polar surface area (TPSA) is 34.9 Å². The van der Waals surface area contributed by atoms with Crippen molar-refractivity contribution in [1.29, 1.82) is 0 Å². The molecule has 0 N–H and O–H groups in total. The second kappa shape index (κ2) is 4.84. The Labute approximate surface area is 108 Å². The summed E-state index contributed by atoms with van der Waals surface area (Å²) in [6, 6.07) is 9.30. The third-order valence-electron chi connectivity index (χ3n) is 2.62. The monoisotopic (exact) mass is 292 g/mol. The second-order valence-corrected chi connectivity index (χ2v) is 4.96. The van der Waals surface area contributed by atoms with E-state index in [1.165, 1.54) is 4.68 Å². The molecule has 1 aromatic heterocycles. The zero-order chi connectivity index (χ0) is 12.4. The van der Waals surface area contributed by atoms with Crippen molar-refractivity contribution in [2.45, 2.75) is 20.4 Å². The SMILES string of the molecule is Cc1ccc(=O)n(Cc2ccc(Br)cc2C)n1. The van der Waals surface area contributed by atoms with Crippen LogP contribution in [0.15, 0.2) is 39.6 Å². The average Bonchev–Trinajstić information content (AvgIpc) is 2.27. The molecule has 1 heterocycles. The van der Waals surface area contributed by atoms with Crippen LogP contribution in [0, 0.1) is 13.8 Å². The molecule has 1 aromatic carbocycles. The van der Waals surface area contributed by atoms with Crippen molar-refractivity contribution in [3.05, 3.63) is 62.0 Å². The van der Waals surface area contributed by atoms with Gasteiger partial charge in [-0.15, -0.1) is 0 Å². The van der Waals surface area contributed by atoms with E-state index < -0.39 is 0 Å². The third-order valence-corrected chi connectivity index (χ3v) is 3.12. The number of aromatic nitrogens is 2. The molecule has 0 saturated heterocycles. The van der Waals surface area contributed by atoms with Gasteiger partial charge >= 0.3 is 0 Å². The average molecular weight is 293 g/mol. The van der Waals surface area contributed by atoms with Crippen molar-refractivity contribution >= 4 is 15.9 Å². The van der Waals surface area contributed by atoms with Crippen LogP contribution < -0.4 is 5.56 Å². The van der Waals surface area contributed by atoms with Crippen LogP contribution in [-0.2, 0) is 6.54 Å². The zero-order valence-corrected chi connectivity index (χ0v) is 11.4. The minimum atomic E-state index is -0.0714. The summed E-state index contributed by atoms with van der Waals surface area (Å²) in [5, 5.41) is 4.22. The van der Waals surface area contributed by atoms with Crippen LogP contribution in [0.2, 0.25) is 0 Å². The van der Waals surface area contributed by atoms with Gasteiger partial charge in [-0.2, -0.15) is 5.10 Å². The van der Waals surface area contributed by atoms with E-state index in [1.54, 1.807) is 12.1 Å². The van der Waals surface area contributed by atoms with Crippen LogP contribution in [0.4, 0.5) is 0 Å². The maximum absolute atomic E-state index is 11.6. The molecule has 2 aromatic rings. The van der Waals surface area contributed by atoms with Gasteiger partial charge in [0.05, 0.1) is 12.2 Å². The Morgan fingerprint density at radius 1 is 1.24 bits per heavy atom.